The van der Waals surface area contributed by atoms with Crippen molar-refractivity contribution in [3.05, 3.63) is 71.0 Å². The highest BCUT2D eigenvalue weighted by Gasteiger charge is 2.34. The number of aromatic nitrogens is 4. The normalized spacial score (nSPS) is 12.9. The number of benzene rings is 2. The molecular formula is C42H50N8O5. The van der Waals surface area contributed by atoms with Crippen molar-refractivity contribution in [2.75, 3.05) is 36.1 Å². The number of carbonyl (C=O) groups excluding carboxylic acids is 3. The molecular weight excluding hydrogens is 697 g/mol. The van der Waals surface area contributed by atoms with Crippen molar-refractivity contribution in [2.45, 2.75) is 91.9 Å². The lowest BCUT2D eigenvalue weighted by Gasteiger charge is -2.17. The van der Waals surface area contributed by atoms with E-state index in [1.54, 1.807) is 9.80 Å². The fraction of sp³-hybridized carbons (Fsp3) is 0.429. The minimum Gasteiger partial charge on any atom is -0.494 e. The van der Waals surface area contributed by atoms with Crippen LogP contribution in [0.5, 0.6) is 11.5 Å². The Kier molecular flexibility index (Phi) is 14.2. The lowest BCUT2D eigenvalue weighted by molar-refractivity contribution is -0.118. The molecule has 2 aromatic heterocycles. The highest BCUT2D eigenvalue weighted by Crippen LogP contribution is 2.34. The van der Waals surface area contributed by atoms with Gasteiger partial charge in [-0.1, -0.05) is 52.4 Å². The Morgan fingerprint density at radius 1 is 0.673 bits per heavy atom. The number of hydrogen-bond donors (Lipinski definition) is 1. The Labute approximate surface area is 322 Å². The molecule has 13 nitrogen and oxygen atoms in total. The maximum Gasteiger partial charge on any atom is 0.267 e. The first-order valence-electron chi connectivity index (χ1n) is 19.3. The van der Waals surface area contributed by atoms with Gasteiger partial charge in [-0.25, -0.2) is 19.9 Å². The van der Waals surface area contributed by atoms with Crippen molar-refractivity contribution in [3.63, 3.8) is 0 Å². The van der Waals surface area contributed by atoms with Gasteiger partial charge >= 0.3 is 0 Å². The van der Waals surface area contributed by atoms with Crippen molar-refractivity contribution in [1.82, 2.24) is 19.9 Å². The van der Waals surface area contributed by atoms with E-state index in [1.165, 1.54) is 0 Å². The average molecular weight is 747 g/mol. The quantitative estimate of drug-likeness (QED) is 0.111. The van der Waals surface area contributed by atoms with Crippen LogP contribution in [0.15, 0.2) is 48.5 Å². The third kappa shape index (κ3) is 9.81. The number of amides is 3. The Bertz CT molecular complexity index is 2010. The zero-order valence-corrected chi connectivity index (χ0v) is 32.3. The van der Waals surface area contributed by atoms with Gasteiger partial charge in [0.15, 0.2) is 11.6 Å². The fourth-order valence-corrected chi connectivity index (χ4v) is 6.59. The van der Waals surface area contributed by atoms with Gasteiger partial charge in [-0.05, 0) is 75.2 Å². The SMILES string of the molecule is CCCCCCN1C(=O)Cc2c(C#N)nc(-c3ccc(OCC)cc3)nc21.CCCCCCN1C(=O)Cc2c(C(N)=O)nc(-c3ccc(OCC)cc3)nc21. The summed E-state index contributed by atoms with van der Waals surface area (Å²) in [6.07, 6.45) is 8.83. The third-order valence-electron chi connectivity index (χ3n) is 9.40. The molecule has 13 heteroatoms. The Hall–Kier alpha value is -5.90. The molecule has 2 aliphatic rings. The van der Waals surface area contributed by atoms with Crippen LogP contribution < -0.4 is 25.0 Å². The van der Waals surface area contributed by atoms with Gasteiger partial charge in [-0.15, -0.1) is 0 Å². The van der Waals surface area contributed by atoms with E-state index in [4.69, 9.17) is 15.2 Å². The van der Waals surface area contributed by atoms with Crippen molar-refractivity contribution < 1.29 is 23.9 Å². The van der Waals surface area contributed by atoms with Gasteiger partial charge in [-0.2, -0.15) is 5.26 Å². The van der Waals surface area contributed by atoms with E-state index >= 15 is 0 Å². The molecule has 2 aliphatic heterocycles. The predicted octanol–water partition coefficient (Wildman–Crippen LogP) is 6.99. The van der Waals surface area contributed by atoms with Crippen LogP contribution in [0.1, 0.15) is 106 Å². The summed E-state index contributed by atoms with van der Waals surface area (Å²) in [5.74, 6) is 2.74. The van der Waals surface area contributed by atoms with Crippen LogP contribution in [0, 0.1) is 11.3 Å². The van der Waals surface area contributed by atoms with Crippen LogP contribution in [0.4, 0.5) is 11.6 Å². The van der Waals surface area contributed by atoms with Crippen LogP contribution >= 0.6 is 0 Å². The summed E-state index contributed by atoms with van der Waals surface area (Å²) < 4.78 is 10.9. The maximum absolute atomic E-state index is 12.5. The Morgan fingerprint density at radius 2 is 1.13 bits per heavy atom. The van der Waals surface area contributed by atoms with Crippen molar-refractivity contribution in [2.24, 2.45) is 5.73 Å². The summed E-state index contributed by atoms with van der Waals surface area (Å²) >= 11 is 0. The molecule has 0 spiro atoms. The van der Waals surface area contributed by atoms with Crippen LogP contribution in [-0.2, 0) is 22.4 Å². The molecule has 0 radical (unpaired) electrons. The van der Waals surface area contributed by atoms with Crippen LogP contribution in [0.2, 0.25) is 0 Å². The van der Waals surface area contributed by atoms with Crippen molar-refractivity contribution >= 4 is 29.4 Å². The van der Waals surface area contributed by atoms with Crippen LogP contribution in [0.3, 0.4) is 0 Å². The smallest absolute Gasteiger partial charge is 0.267 e. The van der Waals surface area contributed by atoms with E-state index < -0.39 is 5.91 Å². The molecule has 0 saturated heterocycles. The number of carbonyl (C=O) groups is 3. The predicted molar refractivity (Wildman–Crippen MR) is 211 cm³/mol. The topological polar surface area (TPSA) is 178 Å². The number of nitriles is 1. The molecule has 6 rings (SSSR count). The van der Waals surface area contributed by atoms with E-state index in [-0.39, 0.29) is 36.0 Å². The molecule has 4 heterocycles. The van der Waals surface area contributed by atoms with E-state index in [9.17, 15) is 19.6 Å². The molecule has 0 fully saturated rings. The first-order valence-corrected chi connectivity index (χ1v) is 19.3. The highest BCUT2D eigenvalue weighted by molar-refractivity contribution is 6.05. The second kappa shape index (κ2) is 19.4. The first-order chi connectivity index (χ1) is 26.7. The second-order valence-corrected chi connectivity index (χ2v) is 13.4. The minimum atomic E-state index is -0.647. The first kappa shape index (κ1) is 40.3. The number of unbranched alkanes of at least 4 members (excludes halogenated alkanes) is 6. The molecule has 3 amide bonds. The third-order valence-corrected chi connectivity index (χ3v) is 9.40. The molecule has 2 N–H and O–H groups in total. The number of anilines is 2. The summed E-state index contributed by atoms with van der Waals surface area (Å²) in [5, 5.41) is 9.52. The molecule has 2 aromatic carbocycles. The van der Waals surface area contributed by atoms with E-state index in [0.29, 0.717) is 60.7 Å². The number of nitrogens with zero attached hydrogens (tertiary/aromatic N) is 7. The van der Waals surface area contributed by atoms with Crippen LogP contribution in [0.25, 0.3) is 22.8 Å². The Balaban J connectivity index is 0.000000211. The number of rotatable bonds is 17. The fourth-order valence-electron chi connectivity index (χ4n) is 6.59. The zero-order valence-electron chi connectivity index (χ0n) is 32.3. The monoisotopic (exact) mass is 746 g/mol. The molecule has 0 bridgehead atoms. The number of nitrogens with two attached hydrogens (primary N) is 1. The van der Waals surface area contributed by atoms with Gasteiger partial charge in [0, 0.05) is 35.3 Å². The number of primary amides is 1. The summed E-state index contributed by atoms with van der Waals surface area (Å²) in [5.41, 5.74) is 8.66. The standard InChI is InChI=1S/C21H26N4O3.C21H24N4O2/c1-3-5-6-7-12-25-17(26)13-16-18(19(22)27)23-20(24-21(16)25)14-8-10-15(11-9-14)28-4-2;1-3-5-6-7-12-25-19(26)13-17-18(14-22)23-20(24-21(17)25)15-8-10-16(11-9-15)27-4-2/h8-11H,3-7,12-13H2,1-2H3,(H2,22,27);8-11H,3-7,12-13H2,1-2H3. The largest absolute Gasteiger partial charge is 0.494 e. The van der Waals surface area contributed by atoms with Gasteiger partial charge in [0.2, 0.25) is 11.8 Å². The summed E-state index contributed by atoms with van der Waals surface area (Å²) in [4.78, 5) is 58.4. The molecule has 288 valence electrons. The number of hydrogen-bond acceptors (Lipinski definition) is 10. The summed E-state index contributed by atoms with van der Waals surface area (Å²) in [6, 6.07) is 16.9. The van der Waals surface area contributed by atoms with Crippen LogP contribution in [-0.4, -0.2) is 64.0 Å². The summed E-state index contributed by atoms with van der Waals surface area (Å²) in [6.45, 7) is 10.6. The van der Waals surface area contributed by atoms with E-state index in [2.05, 4.69) is 39.9 Å². The zero-order chi connectivity index (χ0) is 39.3. The van der Waals surface area contributed by atoms with Gasteiger partial charge in [0.1, 0.15) is 40.6 Å². The number of ether oxygens (including phenoxy) is 2. The van der Waals surface area contributed by atoms with Gasteiger partial charge in [-0.3, -0.25) is 24.2 Å². The second-order valence-electron chi connectivity index (χ2n) is 13.4. The van der Waals surface area contributed by atoms with Gasteiger partial charge < -0.3 is 15.2 Å². The average Bonchev–Trinajstić information content (AvgIpc) is 3.69. The molecule has 0 aliphatic carbocycles. The van der Waals surface area contributed by atoms with E-state index in [1.807, 2.05) is 62.4 Å². The van der Waals surface area contributed by atoms with E-state index in [0.717, 1.165) is 74.0 Å². The molecule has 55 heavy (non-hydrogen) atoms. The lowest BCUT2D eigenvalue weighted by Crippen LogP contribution is -2.28. The van der Waals surface area contributed by atoms with Crippen molar-refractivity contribution in [3.8, 4) is 40.3 Å². The van der Waals surface area contributed by atoms with Crippen molar-refractivity contribution in [1.29, 1.82) is 5.26 Å². The Morgan fingerprint density at radius 3 is 1.56 bits per heavy atom. The molecule has 0 unspecified atom stereocenters. The molecule has 0 atom stereocenters. The molecule has 0 saturated carbocycles. The van der Waals surface area contributed by atoms with Gasteiger partial charge in [0.25, 0.3) is 5.91 Å². The highest BCUT2D eigenvalue weighted by atomic mass is 16.5. The lowest BCUT2D eigenvalue weighted by atomic mass is 10.1. The number of fused-ring (bicyclic) bond motifs is 2. The molecule has 4 aromatic rings. The minimum absolute atomic E-state index is 0.00357. The summed E-state index contributed by atoms with van der Waals surface area (Å²) in [7, 11) is 0. The van der Waals surface area contributed by atoms with Gasteiger partial charge in [0.05, 0.1) is 26.1 Å². The maximum atomic E-state index is 12.5.